The Bertz CT molecular complexity index is 2120. The van der Waals surface area contributed by atoms with Crippen molar-refractivity contribution in [2.45, 2.75) is 97.6 Å². The maximum Gasteiger partial charge on any atom is 0.329 e. The molecule has 2 amide bonds. The van der Waals surface area contributed by atoms with Crippen LogP contribution in [0.3, 0.4) is 0 Å². The molecular weight excluding hydrogens is 1020 g/mol. The van der Waals surface area contributed by atoms with Gasteiger partial charge >= 0.3 is 11.9 Å². The smallest absolute Gasteiger partial charge is 0.329 e. The van der Waals surface area contributed by atoms with Crippen molar-refractivity contribution in [3.63, 3.8) is 0 Å². The number of benzene rings is 4. The van der Waals surface area contributed by atoms with Crippen LogP contribution >= 0.6 is 63.7 Å². The molecule has 4 aromatic carbocycles. The van der Waals surface area contributed by atoms with Gasteiger partial charge in [-0.2, -0.15) is 0 Å². The predicted octanol–water partition coefficient (Wildman–Crippen LogP) is 10.9. The molecule has 16 heteroatoms. The monoisotopic (exact) mass is 1070 g/mol. The molecule has 0 heterocycles. The van der Waals surface area contributed by atoms with Gasteiger partial charge in [-0.05, 0) is 175 Å². The highest BCUT2D eigenvalue weighted by Gasteiger charge is 2.27. The van der Waals surface area contributed by atoms with Crippen molar-refractivity contribution in [1.29, 1.82) is 0 Å². The molecule has 0 saturated heterocycles. The van der Waals surface area contributed by atoms with E-state index in [0.29, 0.717) is 52.0 Å². The number of halogens is 4. The van der Waals surface area contributed by atoms with E-state index in [-0.39, 0.29) is 49.0 Å². The highest BCUT2D eigenvalue weighted by molar-refractivity contribution is 9.11. The molecule has 59 heavy (non-hydrogen) atoms. The van der Waals surface area contributed by atoms with Crippen LogP contribution in [0.1, 0.15) is 95.4 Å². The number of rotatable bonds is 15. The SMILES string of the molecule is CC(C)c1cc(Oc2c(Br)cc(CC(=O)N[C@@H](CCC(N)=O)C(=O)OC(C)(C)C)cc2Br)ccc1O.CC(C)c1cc(Oc2c(Br)cc(CC(=O)O)cc2Br)ccc1O. The minimum absolute atomic E-state index is 0.0238. The second kappa shape index (κ2) is 21.9. The van der Waals surface area contributed by atoms with Crippen molar-refractivity contribution in [3.8, 4) is 34.5 Å². The summed E-state index contributed by atoms with van der Waals surface area (Å²) >= 11 is 13.8. The van der Waals surface area contributed by atoms with Gasteiger partial charge in [-0.3, -0.25) is 14.4 Å². The van der Waals surface area contributed by atoms with Crippen molar-refractivity contribution in [1.82, 2.24) is 5.32 Å². The minimum atomic E-state index is -0.997. The molecule has 0 aliphatic carbocycles. The van der Waals surface area contributed by atoms with Crippen LogP contribution < -0.4 is 20.5 Å². The van der Waals surface area contributed by atoms with Gasteiger partial charge in [0.2, 0.25) is 11.8 Å². The first kappa shape index (κ1) is 49.2. The summed E-state index contributed by atoms with van der Waals surface area (Å²) in [5, 5.41) is 31.4. The third-order valence-electron chi connectivity index (χ3n) is 8.22. The number of carboxylic acid groups (broad SMARTS) is 1. The highest BCUT2D eigenvalue weighted by Crippen LogP contribution is 2.41. The maximum atomic E-state index is 12.7. The topological polar surface area (TPSA) is 195 Å². The second-order valence-electron chi connectivity index (χ2n) is 15.1. The Morgan fingerprint density at radius 3 is 1.46 bits per heavy atom. The molecule has 0 bridgehead atoms. The van der Waals surface area contributed by atoms with Crippen molar-refractivity contribution in [2.24, 2.45) is 5.73 Å². The molecule has 0 fully saturated rings. The zero-order chi connectivity index (χ0) is 44.4. The maximum absolute atomic E-state index is 12.7. The number of esters is 1. The molecule has 4 aromatic rings. The quantitative estimate of drug-likeness (QED) is 0.0715. The number of nitrogens with one attached hydrogen (secondary N) is 1. The van der Waals surface area contributed by atoms with Crippen LogP contribution in [0.5, 0.6) is 34.5 Å². The lowest BCUT2D eigenvalue weighted by Crippen LogP contribution is -2.45. The molecule has 0 aliphatic rings. The van der Waals surface area contributed by atoms with E-state index in [9.17, 15) is 29.4 Å². The fraction of sp³-hybridized carbons (Fsp3) is 0.349. The lowest BCUT2D eigenvalue weighted by atomic mass is 10.0. The van der Waals surface area contributed by atoms with E-state index in [2.05, 4.69) is 69.0 Å². The van der Waals surface area contributed by atoms with E-state index in [1.54, 1.807) is 81.4 Å². The number of carbonyl (C=O) groups is 4. The fourth-order valence-corrected chi connectivity index (χ4v) is 8.38. The Kier molecular flexibility index (Phi) is 18.3. The molecule has 1 atom stereocenters. The minimum Gasteiger partial charge on any atom is -0.508 e. The third kappa shape index (κ3) is 15.8. The number of aliphatic carboxylic acids is 1. The number of carboxylic acids is 1. The second-order valence-corrected chi connectivity index (χ2v) is 18.6. The highest BCUT2D eigenvalue weighted by atomic mass is 79.9. The van der Waals surface area contributed by atoms with E-state index < -0.39 is 35.4 Å². The molecule has 12 nitrogen and oxygen atoms in total. The van der Waals surface area contributed by atoms with Crippen molar-refractivity contribution in [2.75, 3.05) is 0 Å². The number of carbonyl (C=O) groups excluding carboxylic acids is 3. The van der Waals surface area contributed by atoms with Gasteiger partial charge in [0.1, 0.15) is 34.6 Å². The van der Waals surface area contributed by atoms with Crippen LogP contribution in [0.4, 0.5) is 0 Å². The van der Waals surface area contributed by atoms with Crippen molar-refractivity contribution >= 4 is 87.5 Å². The van der Waals surface area contributed by atoms with Gasteiger partial charge in [0.25, 0.3) is 0 Å². The molecule has 0 saturated carbocycles. The Morgan fingerprint density at radius 1 is 0.695 bits per heavy atom. The van der Waals surface area contributed by atoms with Crippen LogP contribution in [-0.2, 0) is 36.8 Å². The van der Waals surface area contributed by atoms with Gasteiger partial charge in [-0.25, -0.2) is 4.79 Å². The standard InChI is InChI=1S/C26H32Br2N2O6.C17H16Br2O4/c1-14(2)17-13-16(6-8-21(17)31)35-24-18(27)10-15(11-19(24)28)12-23(33)30-20(7-9-22(29)32)25(34)36-26(3,4)5;1-9(2)12-8-11(3-4-15(12)20)23-17-13(18)5-10(6-14(17)19)7-16(21)22/h6,8,10-11,13-14,20,31H,7,9,12H2,1-5H3,(H2,29,32)(H,30,33);3-6,8-9,20H,7H2,1-2H3,(H,21,22)/t20-;/m0./s1. The van der Waals surface area contributed by atoms with E-state index >= 15 is 0 Å². The van der Waals surface area contributed by atoms with Crippen LogP contribution in [-0.4, -0.2) is 50.7 Å². The molecule has 318 valence electrons. The number of nitrogens with two attached hydrogens (primary N) is 1. The van der Waals surface area contributed by atoms with E-state index in [0.717, 1.165) is 11.1 Å². The summed E-state index contributed by atoms with van der Waals surface area (Å²) in [6, 6.07) is 16.1. The normalized spacial score (nSPS) is 11.7. The molecule has 0 radical (unpaired) electrons. The Balaban J connectivity index is 0.000000347. The Morgan fingerprint density at radius 2 is 1.10 bits per heavy atom. The average molecular weight is 1070 g/mol. The first-order valence-corrected chi connectivity index (χ1v) is 21.6. The van der Waals surface area contributed by atoms with Crippen molar-refractivity contribution in [3.05, 3.63) is 101 Å². The largest absolute Gasteiger partial charge is 0.508 e. The zero-order valence-corrected chi connectivity index (χ0v) is 40.0. The number of hydrogen-bond acceptors (Lipinski definition) is 9. The molecule has 0 unspecified atom stereocenters. The van der Waals surface area contributed by atoms with Gasteiger partial charge in [-0.15, -0.1) is 0 Å². The number of phenolic OH excluding ortho intramolecular Hbond substituents is 2. The average Bonchev–Trinajstić information content (AvgIpc) is 3.10. The first-order valence-electron chi connectivity index (χ1n) is 18.4. The summed E-state index contributed by atoms with van der Waals surface area (Å²) in [5.74, 6) is 0.440. The van der Waals surface area contributed by atoms with Crippen LogP contribution in [0.25, 0.3) is 0 Å². The van der Waals surface area contributed by atoms with Crippen LogP contribution in [0, 0.1) is 0 Å². The molecule has 0 aliphatic heterocycles. The van der Waals surface area contributed by atoms with Gasteiger partial charge in [-0.1, -0.05) is 27.7 Å². The summed E-state index contributed by atoms with van der Waals surface area (Å²) in [6.07, 6.45) is -0.109. The number of phenols is 2. The Labute approximate surface area is 377 Å². The van der Waals surface area contributed by atoms with E-state index in [1.807, 2.05) is 27.7 Å². The van der Waals surface area contributed by atoms with Crippen molar-refractivity contribution < 1.29 is 48.7 Å². The number of aromatic hydroxyl groups is 2. The lowest BCUT2D eigenvalue weighted by molar-refractivity contribution is -0.158. The molecule has 0 aromatic heterocycles. The van der Waals surface area contributed by atoms with Gasteiger partial charge in [0.15, 0.2) is 11.5 Å². The fourth-order valence-electron chi connectivity index (χ4n) is 5.49. The van der Waals surface area contributed by atoms with E-state index in [1.165, 1.54) is 0 Å². The van der Waals surface area contributed by atoms with Crippen LogP contribution in [0.15, 0.2) is 78.6 Å². The summed E-state index contributed by atoms with van der Waals surface area (Å²) < 4.78 is 19.8. The number of primary amides is 1. The summed E-state index contributed by atoms with van der Waals surface area (Å²) in [7, 11) is 0. The zero-order valence-electron chi connectivity index (χ0n) is 33.6. The third-order valence-corrected chi connectivity index (χ3v) is 10.6. The van der Waals surface area contributed by atoms with Gasteiger partial charge in [0, 0.05) is 17.5 Å². The van der Waals surface area contributed by atoms with Crippen LogP contribution in [0.2, 0.25) is 0 Å². The predicted molar refractivity (Wildman–Crippen MR) is 239 cm³/mol. The van der Waals surface area contributed by atoms with Gasteiger partial charge in [0.05, 0.1) is 30.7 Å². The molecular formula is C43H48Br4N2O10. The summed E-state index contributed by atoms with van der Waals surface area (Å²) in [5.41, 5.74) is 7.36. The van der Waals surface area contributed by atoms with E-state index in [4.69, 9.17) is 25.1 Å². The summed E-state index contributed by atoms with van der Waals surface area (Å²) in [4.78, 5) is 47.3. The molecule has 4 rings (SSSR count). The molecule has 0 spiro atoms. The lowest BCUT2D eigenvalue weighted by Gasteiger charge is -2.24. The number of amides is 2. The summed E-state index contributed by atoms with van der Waals surface area (Å²) in [6.45, 7) is 13.1. The Hall–Kier alpha value is -4.12. The number of ether oxygens (including phenoxy) is 3. The van der Waals surface area contributed by atoms with Gasteiger partial charge < -0.3 is 40.6 Å². The first-order chi connectivity index (χ1) is 27.4. The number of hydrogen-bond donors (Lipinski definition) is 5. The molecule has 6 N–H and O–H groups in total.